The van der Waals surface area contributed by atoms with Crippen molar-refractivity contribution in [2.45, 2.75) is 31.0 Å². The van der Waals surface area contributed by atoms with Crippen LogP contribution in [0.2, 0.25) is 5.02 Å². The Morgan fingerprint density at radius 1 is 1.05 bits per heavy atom. The number of nitrogens with one attached hydrogen (secondary N) is 1. The molecule has 0 spiro atoms. The maximum atomic E-state index is 13.5. The highest BCUT2D eigenvalue weighted by molar-refractivity contribution is 6.31. The molecule has 3 unspecified atom stereocenters. The Bertz CT molecular complexity index is 1340. The highest BCUT2D eigenvalue weighted by Gasteiger charge is 2.43. The van der Waals surface area contributed by atoms with Crippen molar-refractivity contribution >= 4 is 29.3 Å². The van der Waals surface area contributed by atoms with Gasteiger partial charge in [0.2, 0.25) is 0 Å². The van der Waals surface area contributed by atoms with Gasteiger partial charge in [0.15, 0.2) is 0 Å². The van der Waals surface area contributed by atoms with Crippen LogP contribution in [0.25, 0.3) is 0 Å². The number of carbonyl (C=O) groups excluding carboxylic acids is 1. The van der Waals surface area contributed by atoms with Gasteiger partial charge in [0.05, 0.1) is 32.0 Å². The quantitative estimate of drug-likeness (QED) is 0.276. The Balaban J connectivity index is 1.30. The number of amides is 1. The minimum atomic E-state index is -0.654. The summed E-state index contributed by atoms with van der Waals surface area (Å²) in [5.74, 6) is 1.19. The average Bonchev–Trinajstić information content (AvgIpc) is 3.36. The first-order valence-corrected chi connectivity index (χ1v) is 15.3. The van der Waals surface area contributed by atoms with Crippen LogP contribution in [-0.4, -0.2) is 89.4 Å². The third-order valence-corrected chi connectivity index (χ3v) is 8.44. The number of ether oxygens (including phenoxy) is 2. The molecule has 4 atom stereocenters. The number of nitrogens with zero attached hydrogens (tertiary/aromatic N) is 2. The molecule has 0 fully saturated rings. The predicted molar refractivity (Wildman–Crippen MR) is 165 cm³/mol. The van der Waals surface area contributed by atoms with Crippen molar-refractivity contribution < 1.29 is 29.6 Å². The number of aliphatic hydroxyl groups is 3. The zero-order chi connectivity index (χ0) is 30.3. The van der Waals surface area contributed by atoms with Crippen molar-refractivity contribution in [3.8, 4) is 11.5 Å². The van der Waals surface area contributed by atoms with E-state index in [0.717, 1.165) is 11.3 Å². The predicted octanol–water partition coefficient (Wildman–Crippen LogP) is 4.24. The lowest BCUT2D eigenvalue weighted by atomic mass is 9.85. The molecular formula is C32H37Cl2N3O6. The van der Waals surface area contributed by atoms with Crippen LogP contribution in [0, 0.1) is 5.92 Å². The van der Waals surface area contributed by atoms with Crippen molar-refractivity contribution in [2.75, 3.05) is 46.0 Å². The molecule has 2 aliphatic heterocycles. The van der Waals surface area contributed by atoms with Gasteiger partial charge < -0.3 is 30.1 Å². The number of allylic oxidation sites excluding steroid dienone is 2. The molecule has 11 heteroatoms. The van der Waals surface area contributed by atoms with E-state index in [1.54, 1.807) is 29.2 Å². The zero-order valence-electron chi connectivity index (χ0n) is 23.7. The van der Waals surface area contributed by atoms with E-state index in [9.17, 15) is 20.1 Å². The molecule has 0 radical (unpaired) electrons. The van der Waals surface area contributed by atoms with Gasteiger partial charge in [-0.05, 0) is 60.0 Å². The molecule has 230 valence electrons. The van der Waals surface area contributed by atoms with Crippen molar-refractivity contribution in [1.82, 2.24) is 15.1 Å². The lowest BCUT2D eigenvalue weighted by Gasteiger charge is -2.37. The van der Waals surface area contributed by atoms with Gasteiger partial charge in [0.1, 0.15) is 17.5 Å². The fourth-order valence-corrected chi connectivity index (χ4v) is 6.20. The second-order valence-electron chi connectivity index (χ2n) is 10.8. The maximum absolute atomic E-state index is 13.5. The second-order valence-corrected chi connectivity index (χ2v) is 11.7. The number of halogens is 2. The van der Waals surface area contributed by atoms with E-state index in [0.29, 0.717) is 67.2 Å². The fraction of sp³-hybridized carbons (Fsp3) is 0.406. The van der Waals surface area contributed by atoms with Crippen LogP contribution in [0.5, 0.6) is 11.5 Å². The van der Waals surface area contributed by atoms with Gasteiger partial charge in [0, 0.05) is 54.3 Å². The monoisotopic (exact) mass is 629 g/mol. The summed E-state index contributed by atoms with van der Waals surface area (Å²) >= 11 is 12.4. The van der Waals surface area contributed by atoms with Gasteiger partial charge in [-0.3, -0.25) is 9.80 Å². The number of benzene rings is 2. The molecule has 2 aromatic rings. The Morgan fingerprint density at radius 2 is 1.74 bits per heavy atom. The molecule has 43 heavy (non-hydrogen) atoms. The third-order valence-electron chi connectivity index (χ3n) is 7.94. The molecule has 1 aliphatic carbocycles. The van der Waals surface area contributed by atoms with Crippen LogP contribution in [0.3, 0.4) is 0 Å². The van der Waals surface area contributed by atoms with E-state index in [2.05, 4.69) is 17.5 Å². The second kappa shape index (κ2) is 14.6. The number of aliphatic hydroxyl groups excluding tert-OH is 3. The van der Waals surface area contributed by atoms with Crippen LogP contribution in [0.4, 0.5) is 4.79 Å². The number of fused-ring (bicyclic) bond motifs is 2. The smallest absolute Gasteiger partial charge is 0.416 e. The van der Waals surface area contributed by atoms with Crippen molar-refractivity contribution in [3.05, 3.63) is 93.6 Å². The average molecular weight is 631 g/mol. The number of hydrogen-bond acceptors (Lipinski definition) is 8. The summed E-state index contributed by atoms with van der Waals surface area (Å²) in [6, 6.07) is 14.0. The summed E-state index contributed by atoms with van der Waals surface area (Å²) in [5.41, 5.74) is 3.12. The minimum absolute atomic E-state index is 0.0385. The molecule has 3 aliphatic rings. The number of hydrogen-bond donors (Lipinski definition) is 4. The van der Waals surface area contributed by atoms with E-state index < -0.39 is 18.2 Å². The van der Waals surface area contributed by atoms with Crippen LogP contribution in [-0.2, 0) is 0 Å². The Labute approximate surface area is 261 Å². The van der Waals surface area contributed by atoms with Crippen LogP contribution in [0.1, 0.15) is 24.4 Å². The first-order chi connectivity index (χ1) is 20.9. The molecule has 0 saturated heterocycles. The summed E-state index contributed by atoms with van der Waals surface area (Å²) in [5, 5.41) is 33.6. The molecule has 5 rings (SSSR count). The first kappa shape index (κ1) is 31.4. The van der Waals surface area contributed by atoms with Crippen LogP contribution >= 0.6 is 23.2 Å². The Kier molecular flexibility index (Phi) is 10.7. The molecule has 0 saturated carbocycles. The van der Waals surface area contributed by atoms with Crippen LogP contribution in [0.15, 0.2) is 83.1 Å². The van der Waals surface area contributed by atoms with Crippen molar-refractivity contribution in [2.24, 2.45) is 5.92 Å². The standard InChI is InChI=1S/C32H37Cl2N3O6/c33-22-3-8-26(9-4-22)43-32(41)37-13-11-27-28-19-23(34)5-10-29(28)35-30(27)31(37)21-1-6-25(7-2-21)42-18-12-24(40)20-36(14-16-38)15-17-39/h1-10,19,24,28-29,31,35,38-40H,11-18,20H2/t24?,28?,29?,31-/m0/s1. The van der Waals surface area contributed by atoms with Crippen LogP contribution < -0.4 is 14.8 Å². The maximum Gasteiger partial charge on any atom is 0.416 e. The first-order valence-electron chi connectivity index (χ1n) is 14.5. The summed E-state index contributed by atoms with van der Waals surface area (Å²) in [6.07, 6.45) is 6.02. The molecule has 2 aromatic carbocycles. The molecule has 1 amide bonds. The molecular weight excluding hydrogens is 593 g/mol. The molecule has 0 aromatic heterocycles. The van der Waals surface area contributed by atoms with Gasteiger partial charge in [0.25, 0.3) is 0 Å². The largest absolute Gasteiger partial charge is 0.493 e. The van der Waals surface area contributed by atoms with Gasteiger partial charge in [-0.1, -0.05) is 47.5 Å². The normalized spacial score (nSPS) is 21.7. The van der Waals surface area contributed by atoms with E-state index in [4.69, 9.17) is 32.7 Å². The molecule has 0 bridgehead atoms. The highest BCUT2D eigenvalue weighted by atomic mass is 35.5. The molecule has 4 N–H and O–H groups in total. The van der Waals surface area contributed by atoms with Gasteiger partial charge in [-0.25, -0.2) is 4.79 Å². The summed E-state index contributed by atoms with van der Waals surface area (Å²) < 4.78 is 11.7. The van der Waals surface area contributed by atoms with Gasteiger partial charge >= 0.3 is 6.09 Å². The minimum Gasteiger partial charge on any atom is -0.493 e. The van der Waals surface area contributed by atoms with E-state index in [-0.39, 0.29) is 25.2 Å². The Hall–Kier alpha value is -3.05. The number of rotatable bonds is 12. The zero-order valence-corrected chi connectivity index (χ0v) is 25.3. The van der Waals surface area contributed by atoms with E-state index in [1.807, 2.05) is 35.2 Å². The SMILES string of the molecule is O=C(Oc1ccc(Cl)cc1)N1CCC2=C(NC3C=CC(Cl)=CC23)[C@@H]1c1ccc(OCCC(O)CN(CCO)CCO)cc1. The topological polar surface area (TPSA) is 115 Å². The van der Waals surface area contributed by atoms with Crippen molar-refractivity contribution in [1.29, 1.82) is 0 Å². The summed E-state index contributed by atoms with van der Waals surface area (Å²) in [6.45, 7) is 1.82. The molecule has 2 heterocycles. The van der Waals surface area contributed by atoms with E-state index >= 15 is 0 Å². The van der Waals surface area contributed by atoms with Gasteiger partial charge in [-0.15, -0.1) is 0 Å². The third kappa shape index (κ3) is 7.73. The van der Waals surface area contributed by atoms with E-state index in [1.165, 1.54) is 5.57 Å². The lowest BCUT2D eigenvalue weighted by molar-refractivity contribution is 0.0731. The highest BCUT2D eigenvalue weighted by Crippen LogP contribution is 2.45. The summed E-state index contributed by atoms with van der Waals surface area (Å²) in [7, 11) is 0. The van der Waals surface area contributed by atoms with Crippen molar-refractivity contribution in [3.63, 3.8) is 0 Å². The van der Waals surface area contributed by atoms with Gasteiger partial charge in [-0.2, -0.15) is 0 Å². The fourth-order valence-electron chi connectivity index (χ4n) is 5.87. The molecule has 9 nitrogen and oxygen atoms in total. The lowest BCUT2D eigenvalue weighted by Crippen LogP contribution is -2.43. The Morgan fingerprint density at radius 3 is 2.44 bits per heavy atom. The summed E-state index contributed by atoms with van der Waals surface area (Å²) in [4.78, 5) is 17.1. The number of carbonyl (C=O) groups is 1.